The van der Waals surface area contributed by atoms with Crippen LogP contribution in [0.2, 0.25) is 0 Å². The van der Waals surface area contributed by atoms with Crippen molar-refractivity contribution in [2.24, 2.45) is 0 Å². The summed E-state index contributed by atoms with van der Waals surface area (Å²) in [6.45, 7) is 4.23. The topological polar surface area (TPSA) is 51.2 Å². The number of aromatic nitrogens is 1. The summed E-state index contributed by atoms with van der Waals surface area (Å²) in [4.78, 5) is 15.2. The average Bonchev–Trinajstić information content (AvgIpc) is 2.25. The molecule has 0 unspecified atom stereocenters. The molecule has 0 aliphatic carbocycles. The summed E-state index contributed by atoms with van der Waals surface area (Å²) in [7, 11) is 1.34. The van der Waals surface area contributed by atoms with Crippen LogP contribution in [0.1, 0.15) is 10.4 Å². The van der Waals surface area contributed by atoms with E-state index >= 15 is 0 Å². The highest BCUT2D eigenvalue weighted by Crippen LogP contribution is 2.09. The molecule has 0 spiro atoms. The molecule has 0 atom stereocenters. The standard InChI is InChI=1S/C10H11BrN2O2/c1-7(11)6-13-9-5-8(3-4-12-9)10(14)15-2/h3-5H,1,6H2,2H3,(H,12,13). The zero-order valence-corrected chi connectivity index (χ0v) is 9.87. The van der Waals surface area contributed by atoms with E-state index in [-0.39, 0.29) is 5.97 Å². The normalized spacial score (nSPS) is 9.47. The third-order valence-electron chi connectivity index (χ3n) is 1.64. The second-order valence-electron chi connectivity index (χ2n) is 2.79. The minimum atomic E-state index is -0.377. The molecule has 0 saturated carbocycles. The van der Waals surface area contributed by atoms with E-state index in [1.165, 1.54) is 7.11 Å². The van der Waals surface area contributed by atoms with Gasteiger partial charge in [-0.3, -0.25) is 0 Å². The van der Waals surface area contributed by atoms with Gasteiger partial charge in [0.15, 0.2) is 0 Å². The minimum absolute atomic E-state index is 0.377. The lowest BCUT2D eigenvalue weighted by Crippen LogP contribution is -2.06. The molecule has 1 heterocycles. The van der Waals surface area contributed by atoms with Crippen molar-refractivity contribution in [2.75, 3.05) is 19.0 Å². The van der Waals surface area contributed by atoms with E-state index in [0.717, 1.165) is 4.48 Å². The summed E-state index contributed by atoms with van der Waals surface area (Å²) in [5, 5.41) is 3.00. The molecule has 0 radical (unpaired) electrons. The molecule has 15 heavy (non-hydrogen) atoms. The van der Waals surface area contributed by atoms with Crippen molar-refractivity contribution in [3.8, 4) is 0 Å². The lowest BCUT2D eigenvalue weighted by atomic mass is 10.2. The molecule has 0 aliphatic rings. The molecule has 0 amide bonds. The fourth-order valence-electron chi connectivity index (χ4n) is 0.959. The number of carbonyl (C=O) groups is 1. The fourth-order valence-corrected chi connectivity index (χ4v) is 1.10. The van der Waals surface area contributed by atoms with Gasteiger partial charge in [0.05, 0.1) is 12.7 Å². The van der Waals surface area contributed by atoms with Crippen molar-refractivity contribution in [1.82, 2.24) is 4.98 Å². The molecule has 1 N–H and O–H groups in total. The predicted molar refractivity (Wildman–Crippen MR) is 62.1 cm³/mol. The molecule has 1 aromatic heterocycles. The first-order chi connectivity index (χ1) is 7.13. The number of carbonyl (C=O) groups excluding carboxylic acids is 1. The van der Waals surface area contributed by atoms with Gasteiger partial charge in [-0.2, -0.15) is 0 Å². The van der Waals surface area contributed by atoms with Gasteiger partial charge >= 0.3 is 5.97 Å². The van der Waals surface area contributed by atoms with Gasteiger partial charge in [-0.15, -0.1) is 0 Å². The van der Waals surface area contributed by atoms with E-state index in [9.17, 15) is 4.79 Å². The van der Waals surface area contributed by atoms with Crippen LogP contribution in [0, 0.1) is 0 Å². The highest BCUT2D eigenvalue weighted by Gasteiger charge is 2.05. The number of anilines is 1. The van der Waals surface area contributed by atoms with E-state index in [1.807, 2.05) is 0 Å². The summed E-state index contributed by atoms with van der Waals surface area (Å²) in [6.07, 6.45) is 1.55. The Morgan fingerprint density at radius 3 is 3.07 bits per heavy atom. The molecule has 0 bridgehead atoms. The second kappa shape index (κ2) is 5.50. The lowest BCUT2D eigenvalue weighted by Gasteiger charge is -2.05. The summed E-state index contributed by atoms with van der Waals surface area (Å²) in [6, 6.07) is 3.22. The van der Waals surface area contributed by atoms with Crippen LogP contribution in [0.5, 0.6) is 0 Å². The number of methoxy groups -OCH3 is 1. The van der Waals surface area contributed by atoms with Crippen molar-refractivity contribution < 1.29 is 9.53 Å². The van der Waals surface area contributed by atoms with Gasteiger partial charge in [-0.1, -0.05) is 22.5 Å². The van der Waals surface area contributed by atoms with E-state index in [0.29, 0.717) is 17.9 Å². The Morgan fingerprint density at radius 2 is 2.47 bits per heavy atom. The first-order valence-electron chi connectivity index (χ1n) is 4.25. The summed E-state index contributed by atoms with van der Waals surface area (Å²) in [5.41, 5.74) is 0.468. The third-order valence-corrected chi connectivity index (χ3v) is 1.92. The van der Waals surface area contributed by atoms with E-state index in [1.54, 1.807) is 18.3 Å². The van der Waals surface area contributed by atoms with Crippen molar-refractivity contribution in [1.29, 1.82) is 0 Å². The maximum Gasteiger partial charge on any atom is 0.338 e. The first-order valence-corrected chi connectivity index (χ1v) is 5.04. The smallest absolute Gasteiger partial charge is 0.338 e. The van der Waals surface area contributed by atoms with Crippen LogP contribution in [0.25, 0.3) is 0 Å². The molecule has 4 nitrogen and oxygen atoms in total. The summed E-state index contributed by atoms with van der Waals surface area (Å²) >= 11 is 3.22. The number of rotatable bonds is 4. The van der Waals surface area contributed by atoms with Crippen LogP contribution >= 0.6 is 15.9 Å². The number of nitrogens with one attached hydrogen (secondary N) is 1. The largest absolute Gasteiger partial charge is 0.465 e. The first kappa shape index (κ1) is 11.7. The SMILES string of the molecule is C=C(Br)CNc1cc(C(=O)OC)ccn1. The summed E-state index contributed by atoms with van der Waals surface area (Å²) < 4.78 is 5.41. The Kier molecular flexibility index (Phi) is 4.30. The molecule has 5 heteroatoms. The Labute approximate surface area is 96.5 Å². The minimum Gasteiger partial charge on any atom is -0.465 e. The van der Waals surface area contributed by atoms with Gasteiger partial charge in [-0.25, -0.2) is 9.78 Å². The van der Waals surface area contributed by atoms with Crippen LogP contribution in [-0.4, -0.2) is 24.6 Å². The number of nitrogens with zero attached hydrogens (tertiary/aromatic N) is 1. The summed E-state index contributed by atoms with van der Waals surface area (Å²) in [5.74, 6) is 0.233. The molecule has 1 aromatic rings. The molecular formula is C10H11BrN2O2. The second-order valence-corrected chi connectivity index (χ2v) is 3.91. The maximum absolute atomic E-state index is 11.2. The molecule has 0 aromatic carbocycles. The Balaban J connectivity index is 2.74. The van der Waals surface area contributed by atoms with Crippen molar-refractivity contribution in [3.05, 3.63) is 35.0 Å². The van der Waals surface area contributed by atoms with Gasteiger partial charge in [0.2, 0.25) is 0 Å². The van der Waals surface area contributed by atoms with Crippen molar-refractivity contribution in [2.45, 2.75) is 0 Å². The zero-order chi connectivity index (χ0) is 11.3. The van der Waals surface area contributed by atoms with Gasteiger partial charge in [-0.05, 0) is 12.1 Å². The van der Waals surface area contributed by atoms with Crippen LogP contribution in [0.3, 0.4) is 0 Å². The van der Waals surface area contributed by atoms with Crippen LogP contribution in [0.4, 0.5) is 5.82 Å². The van der Waals surface area contributed by atoms with Crippen LogP contribution < -0.4 is 5.32 Å². The molecule has 0 fully saturated rings. The van der Waals surface area contributed by atoms with Crippen molar-refractivity contribution >= 4 is 27.7 Å². The highest BCUT2D eigenvalue weighted by atomic mass is 79.9. The Bertz CT molecular complexity index is 379. The molecule has 0 saturated heterocycles. The van der Waals surface area contributed by atoms with Crippen LogP contribution in [-0.2, 0) is 4.74 Å². The van der Waals surface area contributed by atoms with Gasteiger partial charge in [0.25, 0.3) is 0 Å². The maximum atomic E-state index is 11.2. The Morgan fingerprint density at radius 1 is 1.73 bits per heavy atom. The fraction of sp³-hybridized carbons (Fsp3) is 0.200. The third kappa shape index (κ3) is 3.71. The van der Waals surface area contributed by atoms with Crippen LogP contribution in [0.15, 0.2) is 29.4 Å². The quantitative estimate of drug-likeness (QED) is 0.853. The average molecular weight is 271 g/mol. The zero-order valence-electron chi connectivity index (χ0n) is 8.29. The number of ether oxygens (including phenoxy) is 1. The Hall–Kier alpha value is -1.36. The van der Waals surface area contributed by atoms with E-state index in [2.05, 4.69) is 37.5 Å². The van der Waals surface area contributed by atoms with E-state index in [4.69, 9.17) is 0 Å². The predicted octanol–water partition coefficient (Wildman–Crippen LogP) is 2.19. The molecule has 0 aliphatic heterocycles. The number of hydrogen-bond donors (Lipinski definition) is 1. The lowest BCUT2D eigenvalue weighted by molar-refractivity contribution is 0.0600. The van der Waals surface area contributed by atoms with Gasteiger partial charge < -0.3 is 10.1 Å². The van der Waals surface area contributed by atoms with E-state index < -0.39 is 0 Å². The van der Waals surface area contributed by atoms with Crippen molar-refractivity contribution in [3.63, 3.8) is 0 Å². The molecule has 1 rings (SSSR count). The number of hydrogen-bond acceptors (Lipinski definition) is 4. The van der Waals surface area contributed by atoms with Gasteiger partial charge in [0, 0.05) is 17.2 Å². The number of esters is 1. The molecular weight excluding hydrogens is 260 g/mol. The highest BCUT2D eigenvalue weighted by molar-refractivity contribution is 9.11. The van der Waals surface area contributed by atoms with Gasteiger partial charge in [0.1, 0.15) is 5.82 Å². The monoisotopic (exact) mass is 270 g/mol. The number of halogens is 1. The number of pyridine rings is 1. The molecule has 80 valence electrons.